The minimum atomic E-state index is -0.196. The Morgan fingerprint density at radius 3 is 2.81 bits per heavy atom. The van der Waals surface area contributed by atoms with Crippen molar-refractivity contribution in [2.24, 2.45) is 0 Å². The van der Waals surface area contributed by atoms with E-state index in [1.807, 2.05) is 36.4 Å². The largest absolute Gasteiger partial charge is 0.494 e. The van der Waals surface area contributed by atoms with Crippen LogP contribution in [0.3, 0.4) is 0 Å². The zero-order valence-electron chi connectivity index (χ0n) is 18.0. The van der Waals surface area contributed by atoms with Gasteiger partial charge in [-0.15, -0.1) is 0 Å². The van der Waals surface area contributed by atoms with Crippen molar-refractivity contribution in [1.29, 1.82) is 0 Å². The fourth-order valence-corrected chi connectivity index (χ4v) is 4.18. The molecule has 0 atom stereocenters. The first-order valence-corrected chi connectivity index (χ1v) is 11.5. The lowest BCUT2D eigenvalue weighted by molar-refractivity contribution is -0.111. The first kappa shape index (κ1) is 22.2. The average Bonchev–Trinajstić information content (AvgIpc) is 2.80. The molecule has 1 aromatic heterocycles. The molecule has 32 heavy (non-hydrogen) atoms. The zero-order valence-corrected chi connectivity index (χ0v) is 19.6. The van der Waals surface area contributed by atoms with Crippen LogP contribution in [-0.4, -0.2) is 47.5 Å². The van der Waals surface area contributed by atoms with Crippen LogP contribution < -0.4 is 15.4 Å². The summed E-state index contributed by atoms with van der Waals surface area (Å²) in [5.74, 6) is 0.993. The highest BCUT2D eigenvalue weighted by Gasteiger charge is 2.13. The molecule has 1 saturated heterocycles. The van der Waals surface area contributed by atoms with Gasteiger partial charge in [0.15, 0.2) is 0 Å². The van der Waals surface area contributed by atoms with Crippen LogP contribution in [-0.2, 0) is 4.79 Å². The highest BCUT2D eigenvalue weighted by molar-refractivity contribution is 9.10. The maximum Gasteiger partial charge on any atom is 0.248 e. The minimum absolute atomic E-state index is 0.196. The summed E-state index contributed by atoms with van der Waals surface area (Å²) in [6.45, 7) is 2.98. The number of aromatic nitrogens is 2. The van der Waals surface area contributed by atoms with Crippen LogP contribution in [0.25, 0.3) is 10.9 Å². The Balaban J connectivity index is 1.54. The molecule has 4 rings (SSSR count). The van der Waals surface area contributed by atoms with Gasteiger partial charge >= 0.3 is 0 Å². The number of nitrogens with zero attached hydrogens (tertiary/aromatic N) is 3. The molecule has 0 bridgehead atoms. The third kappa shape index (κ3) is 5.63. The maximum atomic E-state index is 12.5. The van der Waals surface area contributed by atoms with Crippen LogP contribution in [0.4, 0.5) is 17.2 Å². The monoisotopic (exact) mass is 495 g/mol. The van der Waals surface area contributed by atoms with Crippen LogP contribution in [0.1, 0.15) is 19.3 Å². The Kier molecular flexibility index (Phi) is 7.34. The molecule has 1 fully saturated rings. The number of piperidine rings is 1. The molecule has 2 N–H and O–H groups in total. The highest BCUT2D eigenvalue weighted by atomic mass is 79.9. The standard InChI is InChI=1S/C24H26BrN5O2/c1-32-22-15-20-19(24(27-16-26-20)28-18-8-5-7-17(25)13-18)14-21(22)29-23(31)9-6-12-30-10-3-2-4-11-30/h5-9,13-16H,2-4,10-12H2,1H3,(H,29,31)(H,26,27,28). The number of halogens is 1. The lowest BCUT2D eigenvalue weighted by Crippen LogP contribution is -2.29. The van der Waals surface area contributed by atoms with Crippen molar-refractivity contribution in [3.8, 4) is 5.75 Å². The van der Waals surface area contributed by atoms with E-state index >= 15 is 0 Å². The summed E-state index contributed by atoms with van der Waals surface area (Å²) in [7, 11) is 1.57. The van der Waals surface area contributed by atoms with Gasteiger partial charge in [-0.1, -0.05) is 34.5 Å². The van der Waals surface area contributed by atoms with Crippen molar-refractivity contribution >= 4 is 49.9 Å². The number of amides is 1. The summed E-state index contributed by atoms with van der Waals surface area (Å²) >= 11 is 3.48. The van der Waals surface area contributed by atoms with E-state index < -0.39 is 0 Å². The van der Waals surface area contributed by atoms with Crippen LogP contribution in [0.15, 0.2) is 59.4 Å². The summed E-state index contributed by atoms with van der Waals surface area (Å²) < 4.78 is 6.46. The molecule has 7 nitrogen and oxygen atoms in total. The molecule has 0 radical (unpaired) electrons. The van der Waals surface area contributed by atoms with Crippen molar-refractivity contribution in [2.75, 3.05) is 37.4 Å². The van der Waals surface area contributed by atoms with Crippen LogP contribution in [0, 0.1) is 0 Å². The van der Waals surface area contributed by atoms with Crippen LogP contribution in [0.5, 0.6) is 5.75 Å². The van der Waals surface area contributed by atoms with Gasteiger partial charge in [-0.05, 0) is 50.2 Å². The van der Waals surface area contributed by atoms with Gasteiger partial charge in [-0.25, -0.2) is 9.97 Å². The Morgan fingerprint density at radius 2 is 2.03 bits per heavy atom. The van der Waals surface area contributed by atoms with Gasteiger partial charge < -0.3 is 15.4 Å². The molecule has 0 unspecified atom stereocenters. The van der Waals surface area contributed by atoms with Gasteiger partial charge in [0.05, 0.1) is 18.3 Å². The van der Waals surface area contributed by atoms with E-state index in [9.17, 15) is 4.79 Å². The minimum Gasteiger partial charge on any atom is -0.494 e. The Bertz CT molecular complexity index is 1130. The van der Waals surface area contributed by atoms with Gasteiger partial charge in [-0.3, -0.25) is 9.69 Å². The summed E-state index contributed by atoms with van der Waals surface area (Å²) in [4.78, 5) is 23.7. The van der Waals surface area contributed by atoms with Gasteiger partial charge in [0.1, 0.15) is 17.9 Å². The molecule has 2 aromatic carbocycles. The number of methoxy groups -OCH3 is 1. The smallest absolute Gasteiger partial charge is 0.248 e. The number of hydrogen-bond acceptors (Lipinski definition) is 6. The van der Waals surface area contributed by atoms with E-state index in [0.29, 0.717) is 22.8 Å². The topological polar surface area (TPSA) is 79.4 Å². The van der Waals surface area contributed by atoms with Gasteiger partial charge in [0.2, 0.25) is 5.91 Å². The number of anilines is 3. The number of ether oxygens (including phenoxy) is 1. The third-order valence-corrected chi connectivity index (χ3v) is 5.88. The van der Waals surface area contributed by atoms with Crippen LogP contribution >= 0.6 is 15.9 Å². The van der Waals surface area contributed by atoms with Gasteiger partial charge in [-0.2, -0.15) is 0 Å². The second kappa shape index (κ2) is 10.6. The SMILES string of the molecule is COc1cc2ncnc(Nc3cccc(Br)c3)c2cc1NC(=O)C=CCN1CCCCC1. The molecule has 1 aliphatic rings. The first-order valence-electron chi connectivity index (χ1n) is 10.7. The van der Waals surface area contributed by atoms with E-state index in [2.05, 4.69) is 41.4 Å². The number of benzene rings is 2. The molecule has 0 saturated carbocycles. The van der Waals surface area contributed by atoms with Crippen molar-refractivity contribution in [3.63, 3.8) is 0 Å². The number of nitrogens with one attached hydrogen (secondary N) is 2. The average molecular weight is 496 g/mol. The number of fused-ring (bicyclic) bond motifs is 1. The molecule has 0 spiro atoms. The summed E-state index contributed by atoms with van der Waals surface area (Å²) in [5.41, 5.74) is 2.18. The van der Waals surface area contributed by atoms with Gasteiger partial charge in [0.25, 0.3) is 0 Å². The summed E-state index contributed by atoms with van der Waals surface area (Å²) in [6.07, 6.45) is 8.76. The number of carbonyl (C=O) groups is 1. The van der Waals surface area contributed by atoms with E-state index in [0.717, 1.165) is 35.2 Å². The Hall–Kier alpha value is -2.97. The summed E-state index contributed by atoms with van der Waals surface area (Å²) in [5, 5.41) is 7.03. The quantitative estimate of drug-likeness (QED) is 0.442. The van der Waals surface area contributed by atoms with E-state index in [1.54, 1.807) is 19.3 Å². The third-order valence-electron chi connectivity index (χ3n) is 5.38. The molecule has 1 amide bonds. The highest BCUT2D eigenvalue weighted by Crippen LogP contribution is 2.33. The molecule has 0 aliphatic carbocycles. The number of hydrogen-bond donors (Lipinski definition) is 2. The van der Waals surface area contributed by atoms with E-state index in [-0.39, 0.29) is 5.91 Å². The number of carbonyl (C=O) groups excluding carboxylic acids is 1. The van der Waals surface area contributed by atoms with E-state index in [1.165, 1.54) is 25.6 Å². The normalized spacial score (nSPS) is 14.6. The Morgan fingerprint density at radius 1 is 1.19 bits per heavy atom. The fourth-order valence-electron chi connectivity index (χ4n) is 3.78. The summed E-state index contributed by atoms with van der Waals surface area (Å²) in [6, 6.07) is 11.5. The number of likely N-dealkylation sites (tertiary alicyclic amines) is 1. The predicted molar refractivity (Wildman–Crippen MR) is 132 cm³/mol. The zero-order chi connectivity index (χ0) is 22.3. The molecule has 2 heterocycles. The van der Waals surface area contributed by atoms with E-state index in [4.69, 9.17) is 4.74 Å². The van der Waals surface area contributed by atoms with Crippen molar-refractivity contribution in [3.05, 3.63) is 59.4 Å². The van der Waals surface area contributed by atoms with Crippen molar-refractivity contribution in [1.82, 2.24) is 14.9 Å². The molecule has 3 aromatic rings. The number of rotatable bonds is 7. The first-order chi connectivity index (χ1) is 15.6. The second-order valence-electron chi connectivity index (χ2n) is 7.68. The van der Waals surface area contributed by atoms with Gasteiger partial charge in [0, 0.05) is 34.2 Å². The molecular weight excluding hydrogens is 470 g/mol. The molecule has 1 aliphatic heterocycles. The molecule has 166 valence electrons. The van der Waals surface area contributed by atoms with Crippen molar-refractivity contribution < 1.29 is 9.53 Å². The lowest BCUT2D eigenvalue weighted by Gasteiger charge is -2.24. The second-order valence-corrected chi connectivity index (χ2v) is 8.60. The maximum absolute atomic E-state index is 12.5. The fraction of sp³-hybridized carbons (Fsp3) is 0.292. The van der Waals surface area contributed by atoms with Crippen molar-refractivity contribution in [2.45, 2.75) is 19.3 Å². The predicted octanol–water partition coefficient (Wildman–Crippen LogP) is 5.13. The lowest BCUT2D eigenvalue weighted by atomic mass is 10.1. The molecule has 8 heteroatoms. The van der Waals surface area contributed by atoms with Crippen LogP contribution in [0.2, 0.25) is 0 Å². The molecular formula is C24H26BrN5O2. The Labute approximate surface area is 196 Å².